The van der Waals surface area contributed by atoms with E-state index in [1.54, 1.807) is 6.20 Å². The van der Waals surface area contributed by atoms with Crippen LogP contribution < -0.4 is 0 Å². The number of aryl methyl sites for hydroxylation is 1. The van der Waals surface area contributed by atoms with Crippen LogP contribution in [-0.4, -0.2) is 14.7 Å². The maximum atomic E-state index is 10.5. The monoisotopic (exact) mass is 294 g/mol. The van der Waals surface area contributed by atoms with Crippen molar-refractivity contribution in [1.29, 1.82) is 0 Å². The first-order chi connectivity index (χ1) is 7.99. The number of hydrogen-bond acceptors (Lipinski definition) is 2. The van der Waals surface area contributed by atoms with Crippen LogP contribution in [-0.2, 0) is 19.1 Å². The van der Waals surface area contributed by atoms with E-state index in [1.165, 1.54) is 0 Å². The molecule has 2 aromatic rings. The van der Waals surface area contributed by atoms with Gasteiger partial charge in [0, 0.05) is 30.3 Å². The standard InChI is InChI=1S/C13H15BrN2O/c1-13(17,9-12-15-6-7-16(12)2)10-4-3-5-11(14)8-10/h3-8,17H,9H2,1-2H3. The molecule has 1 heterocycles. The minimum absolute atomic E-state index is 0.493. The molecule has 3 nitrogen and oxygen atoms in total. The van der Waals surface area contributed by atoms with Crippen molar-refractivity contribution in [2.45, 2.75) is 18.9 Å². The molecule has 1 atom stereocenters. The molecule has 0 aliphatic heterocycles. The summed E-state index contributed by atoms with van der Waals surface area (Å²) in [6, 6.07) is 7.73. The summed E-state index contributed by atoms with van der Waals surface area (Å²) >= 11 is 3.42. The van der Waals surface area contributed by atoms with E-state index < -0.39 is 5.60 Å². The molecule has 1 N–H and O–H groups in total. The van der Waals surface area contributed by atoms with Crippen LogP contribution in [0, 0.1) is 0 Å². The molecule has 0 fully saturated rings. The number of benzene rings is 1. The Balaban J connectivity index is 2.27. The lowest BCUT2D eigenvalue weighted by molar-refractivity contribution is 0.0547. The Morgan fingerprint density at radius 2 is 2.24 bits per heavy atom. The normalized spacial score (nSPS) is 14.6. The summed E-state index contributed by atoms with van der Waals surface area (Å²) in [6.45, 7) is 1.81. The van der Waals surface area contributed by atoms with Crippen LogP contribution in [0.2, 0.25) is 0 Å². The molecule has 0 spiro atoms. The van der Waals surface area contributed by atoms with E-state index >= 15 is 0 Å². The quantitative estimate of drug-likeness (QED) is 0.945. The molecule has 90 valence electrons. The van der Waals surface area contributed by atoms with E-state index in [-0.39, 0.29) is 0 Å². The van der Waals surface area contributed by atoms with Crippen LogP contribution >= 0.6 is 15.9 Å². The summed E-state index contributed by atoms with van der Waals surface area (Å²) in [5, 5.41) is 10.5. The fraction of sp³-hybridized carbons (Fsp3) is 0.308. The van der Waals surface area contributed by atoms with Crippen molar-refractivity contribution in [3.05, 3.63) is 52.5 Å². The molecule has 0 saturated heterocycles. The van der Waals surface area contributed by atoms with E-state index in [4.69, 9.17) is 0 Å². The second-order valence-electron chi connectivity index (χ2n) is 4.42. The third kappa shape index (κ3) is 2.76. The van der Waals surface area contributed by atoms with E-state index in [0.29, 0.717) is 6.42 Å². The molecule has 4 heteroatoms. The number of hydrogen-bond donors (Lipinski definition) is 1. The first kappa shape index (κ1) is 12.3. The van der Waals surface area contributed by atoms with Gasteiger partial charge in [0.15, 0.2) is 0 Å². The van der Waals surface area contributed by atoms with Crippen molar-refractivity contribution in [2.75, 3.05) is 0 Å². The molecule has 1 unspecified atom stereocenters. The molecule has 17 heavy (non-hydrogen) atoms. The van der Waals surface area contributed by atoms with Gasteiger partial charge in [0.05, 0.1) is 5.60 Å². The van der Waals surface area contributed by atoms with Crippen molar-refractivity contribution in [3.63, 3.8) is 0 Å². The zero-order valence-corrected chi connectivity index (χ0v) is 11.5. The third-order valence-electron chi connectivity index (χ3n) is 2.87. The number of aliphatic hydroxyl groups is 1. The summed E-state index contributed by atoms with van der Waals surface area (Å²) in [4.78, 5) is 4.24. The largest absolute Gasteiger partial charge is 0.385 e. The number of rotatable bonds is 3. The first-order valence-electron chi connectivity index (χ1n) is 5.44. The van der Waals surface area contributed by atoms with E-state index in [0.717, 1.165) is 15.9 Å². The molecule has 1 aromatic carbocycles. The summed E-state index contributed by atoms with van der Waals surface area (Å²) in [5.74, 6) is 0.870. The Labute approximate surface area is 109 Å². The van der Waals surface area contributed by atoms with Gasteiger partial charge in [-0.1, -0.05) is 28.1 Å². The van der Waals surface area contributed by atoms with Crippen molar-refractivity contribution < 1.29 is 5.11 Å². The average Bonchev–Trinajstić information content (AvgIpc) is 2.64. The van der Waals surface area contributed by atoms with Crippen LogP contribution in [0.5, 0.6) is 0 Å². The summed E-state index contributed by atoms with van der Waals surface area (Å²) in [6.07, 6.45) is 4.12. The lowest BCUT2D eigenvalue weighted by atomic mass is 9.92. The maximum absolute atomic E-state index is 10.5. The lowest BCUT2D eigenvalue weighted by Crippen LogP contribution is -2.25. The number of nitrogens with zero attached hydrogens (tertiary/aromatic N) is 2. The lowest BCUT2D eigenvalue weighted by Gasteiger charge is -2.23. The summed E-state index contributed by atoms with van der Waals surface area (Å²) in [5.41, 5.74) is -0.0297. The highest BCUT2D eigenvalue weighted by molar-refractivity contribution is 9.10. The second-order valence-corrected chi connectivity index (χ2v) is 5.33. The van der Waals surface area contributed by atoms with Gasteiger partial charge in [-0.2, -0.15) is 0 Å². The fourth-order valence-electron chi connectivity index (χ4n) is 1.80. The molecule has 0 amide bonds. The van der Waals surface area contributed by atoms with Gasteiger partial charge in [0.25, 0.3) is 0 Å². The van der Waals surface area contributed by atoms with Gasteiger partial charge in [-0.05, 0) is 24.6 Å². The highest BCUT2D eigenvalue weighted by Crippen LogP contribution is 2.26. The molecule has 2 rings (SSSR count). The first-order valence-corrected chi connectivity index (χ1v) is 6.23. The number of halogens is 1. The van der Waals surface area contributed by atoms with Crippen LogP contribution in [0.3, 0.4) is 0 Å². The predicted octanol–water partition coefficient (Wildman–Crippen LogP) is 2.63. The zero-order valence-electron chi connectivity index (χ0n) is 9.89. The molecule has 0 aliphatic carbocycles. The summed E-state index contributed by atoms with van der Waals surface area (Å²) in [7, 11) is 1.93. The Hall–Kier alpha value is -1.13. The van der Waals surface area contributed by atoms with E-state index in [9.17, 15) is 5.11 Å². The smallest absolute Gasteiger partial charge is 0.111 e. The second kappa shape index (κ2) is 4.63. The molecular weight excluding hydrogens is 280 g/mol. The highest BCUT2D eigenvalue weighted by Gasteiger charge is 2.25. The van der Waals surface area contributed by atoms with E-state index in [2.05, 4.69) is 20.9 Å². The van der Waals surface area contributed by atoms with Crippen LogP contribution in [0.25, 0.3) is 0 Å². The van der Waals surface area contributed by atoms with Gasteiger partial charge < -0.3 is 9.67 Å². The van der Waals surface area contributed by atoms with Gasteiger partial charge in [0.2, 0.25) is 0 Å². The van der Waals surface area contributed by atoms with E-state index in [1.807, 2.05) is 49.0 Å². The number of aromatic nitrogens is 2. The topological polar surface area (TPSA) is 38.0 Å². The predicted molar refractivity (Wildman–Crippen MR) is 70.6 cm³/mol. The maximum Gasteiger partial charge on any atom is 0.111 e. The van der Waals surface area contributed by atoms with Crippen molar-refractivity contribution in [1.82, 2.24) is 9.55 Å². The van der Waals surface area contributed by atoms with Gasteiger partial charge in [-0.25, -0.2) is 4.98 Å². The minimum Gasteiger partial charge on any atom is -0.385 e. The molecule has 1 aromatic heterocycles. The molecule has 0 bridgehead atoms. The van der Waals surface area contributed by atoms with Crippen LogP contribution in [0.15, 0.2) is 41.1 Å². The number of imidazole rings is 1. The Bertz CT molecular complexity index is 520. The molecule has 0 aliphatic rings. The minimum atomic E-state index is -0.914. The SMILES string of the molecule is Cn1ccnc1CC(C)(O)c1cccc(Br)c1. The average molecular weight is 295 g/mol. The van der Waals surface area contributed by atoms with Crippen molar-refractivity contribution in [2.24, 2.45) is 7.05 Å². The molecular formula is C13H15BrN2O. The van der Waals surface area contributed by atoms with Gasteiger partial charge in [-0.15, -0.1) is 0 Å². The Morgan fingerprint density at radius 1 is 1.47 bits per heavy atom. The third-order valence-corrected chi connectivity index (χ3v) is 3.36. The Morgan fingerprint density at radius 3 is 2.82 bits per heavy atom. The van der Waals surface area contributed by atoms with Crippen molar-refractivity contribution >= 4 is 15.9 Å². The summed E-state index contributed by atoms with van der Waals surface area (Å²) < 4.78 is 2.89. The molecule has 0 radical (unpaired) electrons. The van der Waals surface area contributed by atoms with Gasteiger partial charge >= 0.3 is 0 Å². The fourth-order valence-corrected chi connectivity index (χ4v) is 2.20. The molecule has 0 saturated carbocycles. The Kier molecular flexibility index (Phi) is 3.35. The van der Waals surface area contributed by atoms with Gasteiger partial charge in [0.1, 0.15) is 5.82 Å². The van der Waals surface area contributed by atoms with Crippen LogP contribution in [0.4, 0.5) is 0 Å². The zero-order chi connectivity index (χ0) is 12.5. The van der Waals surface area contributed by atoms with Gasteiger partial charge in [-0.3, -0.25) is 0 Å². The van der Waals surface area contributed by atoms with Crippen LogP contribution in [0.1, 0.15) is 18.3 Å². The highest BCUT2D eigenvalue weighted by atomic mass is 79.9. The van der Waals surface area contributed by atoms with Crippen molar-refractivity contribution in [3.8, 4) is 0 Å².